The van der Waals surface area contributed by atoms with Gasteiger partial charge in [-0.25, -0.2) is 0 Å². The molecule has 6 heteroatoms. The van der Waals surface area contributed by atoms with Gasteiger partial charge in [-0.3, -0.25) is 9.78 Å². The lowest BCUT2D eigenvalue weighted by Crippen LogP contribution is -2.07. The van der Waals surface area contributed by atoms with Gasteiger partial charge >= 0.3 is 0 Å². The molecular weight excluding hydrogens is 172 g/mol. The van der Waals surface area contributed by atoms with E-state index in [1.54, 1.807) is 18.3 Å². The molecule has 0 N–H and O–H groups in total. The van der Waals surface area contributed by atoms with E-state index in [9.17, 15) is 4.79 Å². The quantitative estimate of drug-likeness (QED) is 0.397. The molecule has 0 unspecified atom stereocenters. The SMILES string of the molecule is [N-]=[N+]=NC(=O)COc1cccnc1. The van der Waals surface area contributed by atoms with Crippen LogP contribution in [0.1, 0.15) is 0 Å². The normalized spacial score (nSPS) is 8.62. The lowest BCUT2D eigenvalue weighted by molar-refractivity contribution is -0.119. The molecule has 0 aliphatic heterocycles. The molecule has 1 aromatic rings. The van der Waals surface area contributed by atoms with E-state index in [0.29, 0.717) is 5.75 Å². The highest BCUT2D eigenvalue weighted by molar-refractivity contribution is 5.78. The molecule has 1 rings (SSSR count). The van der Waals surface area contributed by atoms with Crippen molar-refractivity contribution in [3.63, 3.8) is 0 Å². The van der Waals surface area contributed by atoms with Crippen LogP contribution in [0.5, 0.6) is 5.75 Å². The molecule has 0 aromatic carbocycles. The smallest absolute Gasteiger partial charge is 0.256 e. The van der Waals surface area contributed by atoms with Crippen LogP contribution in [-0.4, -0.2) is 17.5 Å². The van der Waals surface area contributed by atoms with Gasteiger partial charge in [-0.15, -0.1) is 0 Å². The fraction of sp³-hybridized carbons (Fsp3) is 0.143. The molecule has 0 saturated carbocycles. The van der Waals surface area contributed by atoms with Crippen LogP contribution in [0, 0.1) is 0 Å². The Bertz CT molecular complexity index is 332. The van der Waals surface area contributed by atoms with Crippen LogP contribution in [0.2, 0.25) is 0 Å². The molecule has 66 valence electrons. The number of carbonyl (C=O) groups is 1. The Morgan fingerprint density at radius 3 is 3.23 bits per heavy atom. The number of ether oxygens (including phenoxy) is 1. The number of hydrogen-bond acceptors (Lipinski definition) is 3. The number of azide groups is 1. The summed E-state index contributed by atoms with van der Waals surface area (Å²) in [6.07, 6.45) is 3.05. The lowest BCUT2D eigenvalue weighted by Gasteiger charge is -2.00. The van der Waals surface area contributed by atoms with Crippen LogP contribution in [0.4, 0.5) is 0 Å². The predicted molar refractivity (Wildman–Crippen MR) is 43.9 cm³/mol. The van der Waals surface area contributed by atoms with Gasteiger partial charge in [0.15, 0.2) is 6.61 Å². The molecule has 0 radical (unpaired) electrons. The van der Waals surface area contributed by atoms with Gasteiger partial charge in [-0.1, -0.05) is 0 Å². The first kappa shape index (κ1) is 9.02. The number of carbonyl (C=O) groups excluding carboxylic acids is 1. The Morgan fingerprint density at radius 2 is 2.62 bits per heavy atom. The van der Waals surface area contributed by atoms with E-state index in [2.05, 4.69) is 15.0 Å². The number of hydrogen-bond donors (Lipinski definition) is 0. The highest BCUT2D eigenvalue weighted by atomic mass is 16.5. The van der Waals surface area contributed by atoms with Crippen molar-refractivity contribution in [2.24, 2.45) is 5.11 Å². The van der Waals surface area contributed by atoms with E-state index in [4.69, 9.17) is 10.3 Å². The standard InChI is InChI=1S/C7H6N4O2/c8-11-10-7(12)5-13-6-2-1-3-9-4-6/h1-4H,5H2. The van der Waals surface area contributed by atoms with E-state index in [-0.39, 0.29) is 6.61 Å². The van der Waals surface area contributed by atoms with Gasteiger partial charge in [-0.2, -0.15) is 0 Å². The van der Waals surface area contributed by atoms with Crippen molar-refractivity contribution in [3.05, 3.63) is 35.0 Å². The second kappa shape index (κ2) is 4.74. The van der Waals surface area contributed by atoms with Crippen LogP contribution in [0.25, 0.3) is 10.4 Å². The van der Waals surface area contributed by atoms with E-state index >= 15 is 0 Å². The maximum Gasteiger partial charge on any atom is 0.256 e. The van der Waals surface area contributed by atoms with Gasteiger partial charge in [0.25, 0.3) is 5.91 Å². The molecule has 0 spiro atoms. The molecule has 1 heterocycles. The summed E-state index contributed by atoms with van der Waals surface area (Å²) in [5, 5.41) is 2.84. The minimum atomic E-state index is -0.661. The zero-order valence-electron chi connectivity index (χ0n) is 6.62. The summed E-state index contributed by atoms with van der Waals surface area (Å²) in [4.78, 5) is 16.7. The number of aromatic nitrogens is 1. The Balaban J connectivity index is 2.44. The Labute approximate surface area is 73.8 Å². The maximum absolute atomic E-state index is 10.7. The van der Waals surface area contributed by atoms with Gasteiger partial charge in [0.2, 0.25) is 0 Å². The second-order valence-electron chi connectivity index (χ2n) is 2.06. The average molecular weight is 178 g/mol. The Hall–Kier alpha value is -2.07. The van der Waals surface area contributed by atoms with Gasteiger partial charge < -0.3 is 4.74 Å². The van der Waals surface area contributed by atoms with Gasteiger partial charge in [0.05, 0.1) is 6.20 Å². The van der Waals surface area contributed by atoms with Crippen molar-refractivity contribution < 1.29 is 9.53 Å². The summed E-state index contributed by atoms with van der Waals surface area (Å²) in [6.45, 7) is -0.268. The zero-order valence-corrected chi connectivity index (χ0v) is 6.62. The van der Waals surface area contributed by atoms with Crippen LogP contribution < -0.4 is 4.74 Å². The van der Waals surface area contributed by atoms with Crippen molar-refractivity contribution in [2.45, 2.75) is 0 Å². The highest BCUT2D eigenvalue weighted by Crippen LogP contribution is 2.05. The van der Waals surface area contributed by atoms with Crippen molar-refractivity contribution in [1.29, 1.82) is 0 Å². The fourth-order valence-electron chi connectivity index (χ4n) is 0.656. The molecule has 6 nitrogen and oxygen atoms in total. The third kappa shape index (κ3) is 3.22. The number of amides is 1. The summed E-state index contributed by atoms with van der Waals surface area (Å²) >= 11 is 0. The van der Waals surface area contributed by atoms with Crippen molar-refractivity contribution in [1.82, 2.24) is 4.98 Å². The topological polar surface area (TPSA) is 88.0 Å². The minimum Gasteiger partial charge on any atom is -0.484 e. The van der Waals surface area contributed by atoms with E-state index in [1.165, 1.54) is 6.20 Å². The summed E-state index contributed by atoms with van der Waals surface area (Å²) in [5.74, 6) is -0.199. The summed E-state index contributed by atoms with van der Waals surface area (Å²) in [5.41, 5.74) is 7.90. The van der Waals surface area contributed by atoms with Crippen molar-refractivity contribution in [2.75, 3.05) is 6.61 Å². The molecule has 0 aliphatic rings. The summed E-state index contributed by atoms with van der Waals surface area (Å²) in [6, 6.07) is 3.32. The Kier molecular flexibility index (Phi) is 3.29. The van der Waals surface area contributed by atoms with Crippen LogP contribution >= 0.6 is 0 Å². The summed E-state index contributed by atoms with van der Waals surface area (Å²) < 4.78 is 4.94. The molecule has 0 saturated heterocycles. The van der Waals surface area contributed by atoms with E-state index < -0.39 is 5.91 Å². The fourth-order valence-corrected chi connectivity index (χ4v) is 0.656. The lowest BCUT2D eigenvalue weighted by atomic mass is 10.5. The third-order valence-electron chi connectivity index (χ3n) is 1.15. The van der Waals surface area contributed by atoms with Crippen molar-refractivity contribution in [3.8, 4) is 5.75 Å². The second-order valence-corrected chi connectivity index (χ2v) is 2.06. The predicted octanol–water partition coefficient (Wildman–Crippen LogP) is 1.30. The Morgan fingerprint density at radius 1 is 1.77 bits per heavy atom. The first-order valence-corrected chi connectivity index (χ1v) is 3.43. The minimum absolute atomic E-state index is 0.268. The largest absolute Gasteiger partial charge is 0.484 e. The first-order chi connectivity index (χ1) is 6.33. The number of rotatable bonds is 3. The van der Waals surface area contributed by atoms with Crippen molar-refractivity contribution >= 4 is 5.91 Å². The molecule has 1 amide bonds. The number of pyridine rings is 1. The molecule has 0 aliphatic carbocycles. The highest BCUT2D eigenvalue weighted by Gasteiger charge is 1.98. The van der Waals surface area contributed by atoms with Crippen LogP contribution in [0.3, 0.4) is 0 Å². The van der Waals surface area contributed by atoms with E-state index in [1.807, 2.05) is 0 Å². The third-order valence-corrected chi connectivity index (χ3v) is 1.15. The number of nitrogens with zero attached hydrogens (tertiary/aromatic N) is 4. The van der Waals surface area contributed by atoms with Crippen LogP contribution in [-0.2, 0) is 4.79 Å². The molecular formula is C7H6N4O2. The molecule has 13 heavy (non-hydrogen) atoms. The molecule has 0 bridgehead atoms. The first-order valence-electron chi connectivity index (χ1n) is 3.43. The maximum atomic E-state index is 10.7. The van der Waals surface area contributed by atoms with Gasteiger partial charge in [0, 0.05) is 11.1 Å². The van der Waals surface area contributed by atoms with Crippen LogP contribution in [0.15, 0.2) is 29.6 Å². The molecule has 0 atom stereocenters. The monoisotopic (exact) mass is 178 g/mol. The van der Waals surface area contributed by atoms with E-state index in [0.717, 1.165) is 0 Å². The van der Waals surface area contributed by atoms with Gasteiger partial charge in [0.1, 0.15) is 5.75 Å². The molecule has 1 aromatic heterocycles. The zero-order chi connectivity index (χ0) is 9.52. The average Bonchev–Trinajstić information content (AvgIpc) is 2.17. The molecule has 0 fully saturated rings. The van der Waals surface area contributed by atoms with Gasteiger partial charge in [-0.05, 0) is 22.8 Å². The summed E-state index contributed by atoms with van der Waals surface area (Å²) in [7, 11) is 0.